The summed E-state index contributed by atoms with van der Waals surface area (Å²) in [5.41, 5.74) is 0.496. The Kier molecular flexibility index (Phi) is 9.29. The second kappa shape index (κ2) is 11.3. The van der Waals surface area contributed by atoms with E-state index < -0.39 is 28.3 Å². The first-order valence-electron chi connectivity index (χ1n) is 10.9. The maximum Gasteiger partial charge on any atom is 0.247 e. The molecule has 33 heavy (non-hydrogen) atoms. The van der Waals surface area contributed by atoms with Crippen LogP contribution in [0.4, 0.5) is 0 Å². The molecule has 0 fully saturated rings. The Hall–Kier alpha value is -2.16. The number of benzene rings is 1. The van der Waals surface area contributed by atoms with E-state index in [1.165, 1.54) is 23.4 Å². The molecule has 1 aromatic rings. The minimum Gasteiger partial charge on any atom is -0.487 e. The fourth-order valence-corrected chi connectivity index (χ4v) is 5.30. The molecule has 1 heterocycles. The number of hydrogen-bond acceptors (Lipinski definition) is 7. The van der Waals surface area contributed by atoms with E-state index >= 15 is 0 Å². The van der Waals surface area contributed by atoms with Crippen LogP contribution in [0, 0.1) is 17.8 Å². The molecule has 2 N–H and O–H groups in total. The van der Waals surface area contributed by atoms with Crippen molar-refractivity contribution in [2.75, 3.05) is 47.4 Å². The molecule has 184 valence electrons. The Labute approximate surface area is 197 Å². The fraction of sp³-hybridized carbons (Fsp3) is 0.609. The number of aliphatic hydroxyl groups is 2. The van der Waals surface area contributed by atoms with Gasteiger partial charge >= 0.3 is 0 Å². The molecular weight excluding hydrogens is 446 g/mol. The zero-order valence-electron chi connectivity index (χ0n) is 20.1. The lowest BCUT2D eigenvalue weighted by molar-refractivity contribution is -0.132. The van der Waals surface area contributed by atoms with Gasteiger partial charge < -0.3 is 24.7 Å². The molecule has 4 atom stereocenters. The van der Waals surface area contributed by atoms with Crippen LogP contribution in [0.1, 0.15) is 26.3 Å². The molecule has 0 spiro atoms. The topological polar surface area (TPSA) is 111 Å². The lowest BCUT2D eigenvalue weighted by atomic mass is 10.0. The Morgan fingerprint density at radius 2 is 1.97 bits per heavy atom. The van der Waals surface area contributed by atoms with E-state index in [9.17, 15) is 23.4 Å². The summed E-state index contributed by atoms with van der Waals surface area (Å²) in [6.07, 6.45) is -1.33. The number of carbonyl (C=O) groups is 1. The molecular formula is C23H35N3O6S. The summed E-state index contributed by atoms with van der Waals surface area (Å²) >= 11 is 0. The van der Waals surface area contributed by atoms with E-state index in [1.807, 2.05) is 21.0 Å². The van der Waals surface area contributed by atoms with Gasteiger partial charge in [-0.25, -0.2) is 8.42 Å². The van der Waals surface area contributed by atoms with Crippen molar-refractivity contribution in [3.8, 4) is 17.6 Å². The van der Waals surface area contributed by atoms with Gasteiger partial charge in [-0.1, -0.05) is 18.8 Å². The van der Waals surface area contributed by atoms with E-state index in [4.69, 9.17) is 4.74 Å². The van der Waals surface area contributed by atoms with Crippen LogP contribution in [0.5, 0.6) is 5.75 Å². The number of likely N-dealkylation sites (N-methyl/N-ethyl adjacent to an activating group) is 2. The summed E-state index contributed by atoms with van der Waals surface area (Å²) in [6.45, 7) is 5.36. The first-order chi connectivity index (χ1) is 15.4. The van der Waals surface area contributed by atoms with E-state index in [0.29, 0.717) is 5.56 Å². The van der Waals surface area contributed by atoms with Crippen LogP contribution in [0.2, 0.25) is 0 Å². The maximum atomic E-state index is 13.4. The zero-order chi connectivity index (χ0) is 24.9. The summed E-state index contributed by atoms with van der Waals surface area (Å²) < 4.78 is 34.4. The number of aliphatic hydroxyl groups excluding tert-OH is 2. The highest BCUT2D eigenvalue weighted by molar-refractivity contribution is 7.89. The Bertz CT molecular complexity index is 999. The van der Waals surface area contributed by atoms with Crippen molar-refractivity contribution in [3.05, 3.63) is 23.8 Å². The predicted molar refractivity (Wildman–Crippen MR) is 125 cm³/mol. The average molecular weight is 482 g/mol. The molecule has 1 aromatic carbocycles. The summed E-state index contributed by atoms with van der Waals surface area (Å²) in [6, 6.07) is 3.90. The molecule has 0 bridgehead atoms. The van der Waals surface area contributed by atoms with Crippen molar-refractivity contribution in [3.63, 3.8) is 0 Å². The first kappa shape index (κ1) is 27.1. The van der Waals surface area contributed by atoms with Crippen molar-refractivity contribution in [2.24, 2.45) is 5.92 Å². The van der Waals surface area contributed by atoms with Gasteiger partial charge in [-0.15, -0.1) is 0 Å². The molecule has 0 saturated carbocycles. The molecule has 1 amide bonds. The van der Waals surface area contributed by atoms with Gasteiger partial charge in [0.05, 0.1) is 19.7 Å². The molecule has 10 heteroatoms. The number of rotatable bonds is 6. The third-order valence-corrected chi connectivity index (χ3v) is 7.44. The van der Waals surface area contributed by atoms with Crippen molar-refractivity contribution in [1.29, 1.82) is 0 Å². The van der Waals surface area contributed by atoms with Crippen LogP contribution in [0.15, 0.2) is 23.1 Å². The standard InChI is InChI=1S/C23H35N3O6S/c1-16-12-26(17(2)15-27)33(30,31)22-10-9-19(8-7-18(3)28)11-20(22)32-21(16)13-25(6)23(29)14-24(4)5/h9-11,16-18,21,27-28H,12-15H2,1-6H3/t16-,17+,18-,21+/m0/s1. The van der Waals surface area contributed by atoms with Crippen LogP contribution < -0.4 is 4.74 Å². The molecule has 2 rings (SSSR count). The zero-order valence-corrected chi connectivity index (χ0v) is 21.0. The highest BCUT2D eigenvalue weighted by Crippen LogP contribution is 2.34. The fourth-order valence-electron chi connectivity index (χ4n) is 3.47. The molecule has 1 aliphatic heterocycles. The minimum atomic E-state index is -3.96. The average Bonchev–Trinajstić information content (AvgIpc) is 2.73. The molecule has 0 unspecified atom stereocenters. The monoisotopic (exact) mass is 481 g/mol. The highest BCUT2D eigenvalue weighted by atomic mass is 32.2. The van der Waals surface area contributed by atoms with Gasteiger partial charge in [0.25, 0.3) is 0 Å². The normalized spacial score (nSPS) is 22.1. The molecule has 0 saturated heterocycles. The number of carbonyl (C=O) groups excluding carboxylic acids is 1. The summed E-state index contributed by atoms with van der Waals surface area (Å²) in [5.74, 6) is 5.23. The lowest BCUT2D eigenvalue weighted by Gasteiger charge is -2.37. The number of hydrogen-bond donors (Lipinski definition) is 2. The van der Waals surface area contributed by atoms with Gasteiger partial charge in [0.1, 0.15) is 22.9 Å². The molecule has 0 aromatic heterocycles. The van der Waals surface area contributed by atoms with Crippen LogP contribution in [-0.2, 0) is 14.8 Å². The van der Waals surface area contributed by atoms with Crippen LogP contribution >= 0.6 is 0 Å². The molecule has 0 aliphatic carbocycles. The van der Waals surface area contributed by atoms with Gasteiger partial charge in [0.2, 0.25) is 15.9 Å². The van der Waals surface area contributed by atoms with Crippen molar-refractivity contribution >= 4 is 15.9 Å². The number of ether oxygens (including phenoxy) is 1. The van der Waals surface area contributed by atoms with Crippen LogP contribution in [0.25, 0.3) is 0 Å². The Morgan fingerprint density at radius 3 is 2.55 bits per heavy atom. The van der Waals surface area contributed by atoms with E-state index in [0.717, 1.165) is 0 Å². The second-order valence-electron chi connectivity index (χ2n) is 8.86. The van der Waals surface area contributed by atoms with Gasteiger partial charge in [0, 0.05) is 31.1 Å². The smallest absolute Gasteiger partial charge is 0.247 e. The second-order valence-corrected chi connectivity index (χ2v) is 10.7. The van der Waals surface area contributed by atoms with E-state index in [-0.39, 0.29) is 48.7 Å². The number of amides is 1. The minimum absolute atomic E-state index is 0.0235. The molecule has 1 aliphatic rings. The quantitative estimate of drug-likeness (QED) is 0.559. The number of sulfonamides is 1. The molecule has 9 nitrogen and oxygen atoms in total. The predicted octanol–water partition coefficient (Wildman–Crippen LogP) is 0.208. The van der Waals surface area contributed by atoms with Gasteiger partial charge in [0.15, 0.2) is 0 Å². The third-order valence-electron chi connectivity index (χ3n) is 5.42. The summed E-state index contributed by atoms with van der Waals surface area (Å²) in [7, 11) is 1.36. The van der Waals surface area contributed by atoms with Crippen molar-refractivity contribution in [2.45, 2.75) is 43.9 Å². The largest absolute Gasteiger partial charge is 0.487 e. The molecule has 0 radical (unpaired) electrons. The van der Waals surface area contributed by atoms with E-state index in [1.54, 1.807) is 29.8 Å². The van der Waals surface area contributed by atoms with Gasteiger partial charge in [-0.05, 0) is 46.1 Å². The Morgan fingerprint density at radius 1 is 1.30 bits per heavy atom. The highest BCUT2D eigenvalue weighted by Gasteiger charge is 2.38. The van der Waals surface area contributed by atoms with Crippen molar-refractivity contribution < 1.29 is 28.2 Å². The van der Waals surface area contributed by atoms with Crippen LogP contribution in [-0.4, -0.2) is 104 Å². The van der Waals surface area contributed by atoms with Gasteiger partial charge in [-0.3, -0.25) is 4.79 Å². The Balaban J connectivity index is 2.53. The van der Waals surface area contributed by atoms with Crippen LogP contribution in [0.3, 0.4) is 0 Å². The van der Waals surface area contributed by atoms with E-state index in [2.05, 4.69) is 11.8 Å². The SMILES string of the molecule is C[C@H](O)C#Cc1ccc2c(c1)O[C@H](CN(C)C(=O)CN(C)C)[C@@H](C)CN([C@H](C)CO)S2(=O)=O. The third kappa shape index (κ3) is 6.91. The summed E-state index contributed by atoms with van der Waals surface area (Å²) in [5, 5.41) is 19.2. The summed E-state index contributed by atoms with van der Waals surface area (Å²) in [4.78, 5) is 15.8. The maximum absolute atomic E-state index is 13.4. The van der Waals surface area contributed by atoms with Crippen molar-refractivity contribution in [1.82, 2.24) is 14.1 Å². The number of fused-ring (bicyclic) bond motifs is 1. The lowest BCUT2D eigenvalue weighted by Crippen LogP contribution is -2.50. The first-order valence-corrected chi connectivity index (χ1v) is 12.3. The number of nitrogens with zero attached hydrogens (tertiary/aromatic N) is 3. The van der Waals surface area contributed by atoms with Gasteiger partial charge in [-0.2, -0.15) is 4.31 Å².